The van der Waals surface area contributed by atoms with Gasteiger partial charge in [-0.3, -0.25) is 4.79 Å². The minimum absolute atomic E-state index is 0.0217. The van der Waals surface area contributed by atoms with Crippen molar-refractivity contribution in [2.24, 2.45) is 0 Å². The first kappa shape index (κ1) is 15.3. The Morgan fingerprint density at radius 1 is 1.35 bits per heavy atom. The SMILES string of the molecule is CC(=O)OCC1=CC=C(B2NC(C)(C)C(C)(C)O2)CC1. The van der Waals surface area contributed by atoms with Crippen LogP contribution >= 0.6 is 0 Å². The third-order valence-corrected chi connectivity index (χ3v) is 4.48. The van der Waals surface area contributed by atoms with Gasteiger partial charge in [0.25, 0.3) is 0 Å². The molecule has 0 aromatic carbocycles. The summed E-state index contributed by atoms with van der Waals surface area (Å²) in [4.78, 5) is 10.8. The largest absolute Gasteiger partial charge is 0.461 e. The molecule has 1 fully saturated rings. The van der Waals surface area contributed by atoms with E-state index in [-0.39, 0.29) is 24.2 Å². The second-order valence-electron chi connectivity index (χ2n) is 6.62. The molecule has 0 bridgehead atoms. The predicted molar refractivity (Wildman–Crippen MR) is 80.2 cm³/mol. The van der Waals surface area contributed by atoms with Crippen LogP contribution in [0.2, 0.25) is 0 Å². The molecule has 5 heteroatoms. The number of esters is 1. The highest BCUT2D eigenvalue weighted by molar-refractivity contribution is 6.59. The fraction of sp³-hybridized carbons (Fsp3) is 0.667. The Hall–Kier alpha value is -1.07. The first-order valence-corrected chi connectivity index (χ1v) is 7.19. The number of ether oxygens (including phenoxy) is 1. The van der Waals surface area contributed by atoms with Crippen LogP contribution in [0.1, 0.15) is 47.5 Å². The van der Waals surface area contributed by atoms with Gasteiger partial charge in [-0.1, -0.05) is 17.6 Å². The van der Waals surface area contributed by atoms with Crippen molar-refractivity contribution in [2.75, 3.05) is 6.61 Å². The maximum absolute atomic E-state index is 10.8. The van der Waals surface area contributed by atoms with E-state index in [1.165, 1.54) is 12.4 Å². The van der Waals surface area contributed by atoms with E-state index in [0.29, 0.717) is 6.61 Å². The van der Waals surface area contributed by atoms with Crippen LogP contribution in [0.5, 0.6) is 0 Å². The standard InChI is InChI=1S/C15H24BNO3/c1-11(18)19-10-12-6-8-13(9-7-12)16-17-14(2,3)15(4,5)20-16/h6,8,17H,7,9-10H2,1-5H3. The number of carbonyl (C=O) groups excluding carboxylic acids is 1. The highest BCUT2D eigenvalue weighted by Gasteiger charge is 2.50. The Morgan fingerprint density at radius 2 is 2.05 bits per heavy atom. The lowest BCUT2D eigenvalue weighted by Gasteiger charge is -2.33. The van der Waals surface area contributed by atoms with Crippen molar-refractivity contribution in [3.05, 3.63) is 23.2 Å². The summed E-state index contributed by atoms with van der Waals surface area (Å²) < 4.78 is 11.2. The molecule has 20 heavy (non-hydrogen) atoms. The van der Waals surface area contributed by atoms with Gasteiger partial charge < -0.3 is 14.6 Å². The Bertz CT molecular complexity index is 450. The molecule has 1 aliphatic heterocycles. The van der Waals surface area contributed by atoms with Crippen LogP contribution in [0.3, 0.4) is 0 Å². The fourth-order valence-electron chi connectivity index (χ4n) is 2.37. The molecule has 0 aromatic heterocycles. The van der Waals surface area contributed by atoms with Crippen LogP contribution in [0.25, 0.3) is 0 Å². The molecule has 1 N–H and O–H groups in total. The van der Waals surface area contributed by atoms with Crippen LogP contribution in [0.15, 0.2) is 23.2 Å². The molecular formula is C15H24BNO3. The quantitative estimate of drug-likeness (QED) is 0.635. The fourth-order valence-corrected chi connectivity index (χ4v) is 2.37. The van der Waals surface area contributed by atoms with E-state index >= 15 is 0 Å². The van der Waals surface area contributed by atoms with E-state index in [4.69, 9.17) is 9.39 Å². The van der Waals surface area contributed by atoms with Crippen molar-refractivity contribution in [1.29, 1.82) is 0 Å². The first-order chi connectivity index (χ1) is 9.21. The van der Waals surface area contributed by atoms with E-state index in [1.807, 2.05) is 6.08 Å². The minimum atomic E-state index is -0.232. The maximum Gasteiger partial charge on any atom is 0.412 e. The summed E-state index contributed by atoms with van der Waals surface area (Å²) in [6.45, 7) is 10.4. The van der Waals surface area contributed by atoms with Crippen LogP contribution < -0.4 is 5.23 Å². The summed E-state index contributed by atoms with van der Waals surface area (Å²) in [5.74, 6) is -0.232. The van der Waals surface area contributed by atoms with Crippen molar-refractivity contribution < 1.29 is 14.2 Å². The first-order valence-electron chi connectivity index (χ1n) is 7.19. The van der Waals surface area contributed by atoms with Gasteiger partial charge in [-0.2, -0.15) is 0 Å². The van der Waals surface area contributed by atoms with Crippen molar-refractivity contribution in [2.45, 2.75) is 58.6 Å². The Morgan fingerprint density at radius 3 is 2.50 bits per heavy atom. The number of hydrogen-bond donors (Lipinski definition) is 1. The normalized spacial score (nSPS) is 24.1. The highest BCUT2D eigenvalue weighted by Crippen LogP contribution is 2.35. The van der Waals surface area contributed by atoms with Crippen molar-refractivity contribution in [3.8, 4) is 0 Å². The minimum Gasteiger partial charge on any atom is -0.461 e. The topological polar surface area (TPSA) is 47.6 Å². The summed E-state index contributed by atoms with van der Waals surface area (Å²) in [6, 6.07) is 0. The lowest BCUT2D eigenvalue weighted by molar-refractivity contribution is -0.140. The molecule has 0 aromatic rings. The zero-order chi connectivity index (χ0) is 15.0. The second kappa shape index (κ2) is 5.37. The Balaban J connectivity index is 2.01. The Labute approximate surface area is 121 Å². The van der Waals surface area contributed by atoms with Crippen molar-refractivity contribution in [3.63, 3.8) is 0 Å². The molecule has 0 atom stereocenters. The van der Waals surface area contributed by atoms with Crippen molar-refractivity contribution >= 4 is 13.0 Å². The lowest BCUT2D eigenvalue weighted by atomic mass is 9.68. The van der Waals surface area contributed by atoms with Crippen LogP contribution in [-0.2, 0) is 14.2 Å². The third kappa shape index (κ3) is 3.15. The van der Waals surface area contributed by atoms with Gasteiger partial charge in [-0.15, -0.1) is 0 Å². The van der Waals surface area contributed by atoms with Gasteiger partial charge in [0.15, 0.2) is 0 Å². The zero-order valence-electron chi connectivity index (χ0n) is 13.1. The second-order valence-corrected chi connectivity index (χ2v) is 6.62. The van der Waals surface area contributed by atoms with Crippen molar-refractivity contribution in [1.82, 2.24) is 5.23 Å². The summed E-state index contributed by atoms with van der Waals surface area (Å²) in [5, 5.41) is 3.55. The van der Waals surface area contributed by atoms with Gasteiger partial charge in [-0.25, -0.2) is 0 Å². The number of allylic oxidation sites excluding steroid dienone is 3. The smallest absolute Gasteiger partial charge is 0.412 e. The molecule has 0 saturated carbocycles. The number of hydrogen-bond acceptors (Lipinski definition) is 4. The molecule has 1 aliphatic carbocycles. The molecule has 2 aliphatic rings. The molecule has 0 unspecified atom stereocenters. The van der Waals surface area contributed by atoms with Gasteiger partial charge in [0.1, 0.15) is 6.61 Å². The summed E-state index contributed by atoms with van der Waals surface area (Å²) in [5.41, 5.74) is 2.16. The molecule has 0 spiro atoms. The van der Waals surface area contributed by atoms with E-state index in [1.54, 1.807) is 0 Å². The summed E-state index contributed by atoms with van der Waals surface area (Å²) in [6.07, 6.45) is 6.00. The lowest BCUT2D eigenvalue weighted by Crippen LogP contribution is -2.49. The van der Waals surface area contributed by atoms with Gasteiger partial charge in [0, 0.05) is 12.5 Å². The molecule has 110 valence electrons. The molecule has 2 rings (SSSR count). The molecule has 0 amide bonds. The zero-order valence-corrected chi connectivity index (χ0v) is 13.1. The summed E-state index contributed by atoms with van der Waals surface area (Å²) in [7, 11) is -0.0217. The highest BCUT2D eigenvalue weighted by atomic mass is 16.5. The van der Waals surface area contributed by atoms with E-state index in [9.17, 15) is 4.79 Å². The molecule has 4 nitrogen and oxygen atoms in total. The number of carbonyl (C=O) groups is 1. The van der Waals surface area contributed by atoms with Gasteiger partial charge >= 0.3 is 13.0 Å². The monoisotopic (exact) mass is 277 g/mol. The van der Waals surface area contributed by atoms with Crippen LogP contribution in [0.4, 0.5) is 0 Å². The average molecular weight is 277 g/mol. The van der Waals surface area contributed by atoms with E-state index in [0.717, 1.165) is 18.4 Å². The van der Waals surface area contributed by atoms with E-state index in [2.05, 4.69) is 39.0 Å². The van der Waals surface area contributed by atoms with Gasteiger partial charge in [0.05, 0.1) is 5.60 Å². The third-order valence-electron chi connectivity index (χ3n) is 4.48. The van der Waals surface area contributed by atoms with Crippen LogP contribution in [-0.4, -0.2) is 30.8 Å². The maximum atomic E-state index is 10.8. The van der Waals surface area contributed by atoms with Gasteiger partial charge in [0.2, 0.25) is 0 Å². The Kier molecular flexibility index (Phi) is 4.12. The predicted octanol–water partition coefficient (Wildman–Crippen LogP) is 2.40. The van der Waals surface area contributed by atoms with Gasteiger partial charge in [-0.05, 0) is 46.1 Å². The number of nitrogens with one attached hydrogen (secondary N) is 1. The molecule has 1 saturated heterocycles. The molecule has 0 radical (unpaired) electrons. The molecule has 1 heterocycles. The number of rotatable bonds is 3. The summed E-state index contributed by atoms with van der Waals surface area (Å²) >= 11 is 0. The van der Waals surface area contributed by atoms with E-state index < -0.39 is 0 Å². The average Bonchev–Trinajstić information content (AvgIpc) is 2.56. The van der Waals surface area contributed by atoms with Crippen LogP contribution in [0, 0.1) is 0 Å². The molecular weight excluding hydrogens is 253 g/mol.